The van der Waals surface area contributed by atoms with Crippen LogP contribution in [0.2, 0.25) is 0 Å². The Morgan fingerprint density at radius 2 is 2.11 bits per heavy atom. The zero-order valence-electron chi connectivity index (χ0n) is 10.5. The van der Waals surface area contributed by atoms with Gasteiger partial charge in [-0.3, -0.25) is 9.59 Å². The summed E-state index contributed by atoms with van der Waals surface area (Å²) in [7, 11) is 0. The van der Waals surface area contributed by atoms with Crippen LogP contribution in [-0.4, -0.2) is 28.6 Å². The number of rotatable bonds is 6. The molecule has 1 amide bonds. The van der Waals surface area contributed by atoms with Crippen LogP contribution >= 0.6 is 22.6 Å². The van der Waals surface area contributed by atoms with Gasteiger partial charge in [-0.25, -0.2) is 0 Å². The Labute approximate surface area is 125 Å². The lowest BCUT2D eigenvalue weighted by molar-refractivity contribution is -0.138. The van der Waals surface area contributed by atoms with Crippen LogP contribution in [0.1, 0.15) is 30.1 Å². The Kier molecular flexibility index (Phi) is 6.07. The van der Waals surface area contributed by atoms with Crippen molar-refractivity contribution in [2.75, 3.05) is 6.54 Å². The van der Waals surface area contributed by atoms with E-state index in [1.165, 1.54) is 6.07 Å². The van der Waals surface area contributed by atoms with Crippen LogP contribution in [-0.2, 0) is 4.79 Å². The van der Waals surface area contributed by atoms with Crippen LogP contribution in [0.25, 0.3) is 0 Å². The first-order chi connectivity index (χ1) is 8.93. The molecule has 1 rings (SSSR count). The van der Waals surface area contributed by atoms with E-state index in [0.717, 1.165) is 3.57 Å². The van der Waals surface area contributed by atoms with Crippen LogP contribution < -0.4 is 5.32 Å². The predicted molar refractivity (Wildman–Crippen MR) is 79.2 cm³/mol. The Morgan fingerprint density at radius 1 is 1.42 bits per heavy atom. The number of nitrogens with one attached hydrogen (secondary N) is 1. The number of amides is 1. The number of halogens is 1. The molecule has 0 bridgehead atoms. The molecule has 1 atom stereocenters. The maximum atomic E-state index is 11.9. The summed E-state index contributed by atoms with van der Waals surface area (Å²) in [6.45, 7) is 2.16. The first-order valence-electron chi connectivity index (χ1n) is 5.92. The summed E-state index contributed by atoms with van der Waals surface area (Å²) in [6, 6.07) is 4.75. The monoisotopic (exact) mass is 377 g/mol. The Balaban J connectivity index is 2.64. The van der Waals surface area contributed by atoms with Crippen LogP contribution in [0, 0.1) is 9.49 Å². The van der Waals surface area contributed by atoms with Crippen LogP contribution in [0.4, 0.5) is 0 Å². The van der Waals surface area contributed by atoms with Gasteiger partial charge in [0.15, 0.2) is 0 Å². The quantitative estimate of drug-likeness (QED) is 0.664. The molecular formula is C13H16INO4. The van der Waals surface area contributed by atoms with Gasteiger partial charge in [-0.2, -0.15) is 0 Å². The highest BCUT2D eigenvalue weighted by atomic mass is 127. The van der Waals surface area contributed by atoms with Gasteiger partial charge in [0.1, 0.15) is 5.75 Å². The van der Waals surface area contributed by atoms with Crippen LogP contribution in [0.3, 0.4) is 0 Å². The van der Waals surface area contributed by atoms with Crippen molar-refractivity contribution >= 4 is 34.5 Å². The maximum Gasteiger partial charge on any atom is 0.303 e. The Bertz CT molecular complexity index is 476. The number of aliphatic carboxylic acids is 1. The average molecular weight is 377 g/mol. The summed E-state index contributed by atoms with van der Waals surface area (Å²) >= 11 is 2.05. The third kappa shape index (κ3) is 5.06. The maximum absolute atomic E-state index is 11.9. The van der Waals surface area contributed by atoms with Crippen molar-refractivity contribution in [1.82, 2.24) is 5.32 Å². The average Bonchev–Trinajstić information content (AvgIpc) is 2.36. The minimum absolute atomic E-state index is 0.0229. The highest BCUT2D eigenvalue weighted by Crippen LogP contribution is 2.19. The Morgan fingerprint density at radius 3 is 2.68 bits per heavy atom. The molecule has 0 aliphatic rings. The van der Waals surface area contributed by atoms with E-state index in [1.807, 2.05) is 6.92 Å². The van der Waals surface area contributed by atoms with Crippen molar-refractivity contribution in [3.63, 3.8) is 0 Å². The first kappa shape index (κ1) is 15.7. The lowest BCUT2D eigenvalue weighted by atomic mass is 10.0. The second-order valence-corrected chi connectivity index (χ2v) is 5.49. The van der Waals surface area contributed by atoms with Crippen molar-refractivity contribution in [1.29, 1.82) is 0 Å². The SMILES string of the molecule is CCC(CNC(=O)c1cc(I)ccc1O)CC(=O)O. The molecule has 0 saturated heterocycles. The minimum Gasteiger partial charge on any atom is -0.507 e. The molecule has 0 radical (unpaired) electrons. The minimum atomic E-state index is -0.877. The second-order valence-electron chi connectivity index (χ2n) is 4.24. The standard InChI is InChI=1S/C13H16INO4/c1-2-8(5-12(17)18)7-15-13(19)10-6-9(14)3-4-11(10)16/h3-4,6,8,16H,2,5,7H2,1H3,(H,15,19)(H,17,18). The van der Waals surface area contributed by atoms with Gasteiger partial charge in [0.25, 0.3) is 5.91 Å². The van der Waals surface area contributed by atoms with Crippen molar-refractivity contribution in [3.8, 4) is 5.75 Å². The first-order valence-corrected chi connectivity index (χ1v) is 7.00. The fourth-order valence-electron chi connectivity index (χ4n) is 1.63. The molecule has 19 heavy (non-hydrogen) atoms. The molecule has 3 N–H and O–H groups in total. The lowest BCUT2D eigenvalue weighted by Gasteiger charge is -2.14. The number of benzene rings is 1. The summed E-state index contributed by atoms with van der Waals surface area (Å²) < 4.78 is 0.845. The lowest BCUT2D eigenvalue weighted by Crippen LogP contribution is -2.30. The molecule has 104 valence electrons. The third-order valence-corrected chi connectivity index (χ3v) is 3.47. The van der Waals surface area contributed by atoms with Gasteiger partial charge in [0.2, 0.25) is 0 Å². The number of carboxylic acid groups (broad SMARTS) is 1. The van der Waals surface area contributed by atoms with Crippen LogP contribution in [0.15, 0.2) is 18.2 Å². The van der Waals surface area contributed by atoms with Gasteiger partial charge in [0, 0.05) is 16.5 Å². The number of phenols is 1. The van der Waals surface area contributed by atoms with Gasteiger partial charge in [-0.15, -0.1) is 0 Å². The molecular weight excluding hydrogens is 361 g/mol. The Hall–Kier alpha value is -1.31. The summed E-state index contributed by atoms with van der Waals surface area (Å²) in [6.07, 6.45) is 0.694. The van der Waals surface area contributed by atoms with Crippen molar-refractivity contribution in [2.45, 2.75) is 19.8 Å². The van der Waals surface area contributed by atoms with Gasteiger partial charge in [-0.1, -0.05) is 13.3 Å². The van der Waals surface area contributed by atoms with Gasteiger partial charge >= 0.3 is 5.97 Å². The number of aromatic hydroxyl groups is 1. The largest absolute Gasteiger partial charge is 0.507 e. The van der Waals surface area contributed by atoms with Crippen molar-refractivity contribution in [2.24, 2.45) is 5.92 Å². The summed E-state index contributed by atoms with van der Waals surface area (Å²) in [4.78, 5) is 22.5. The molecule has 6 heteroatoms. The number of hydrogen-bond acceptors (Lipinski definition) is 3. The van der Waals surface area contributed by atoms with Crippen molar-refractivity contribution in [3.05, 3.63) is 27.3 Å². The van der Waals surface area contributed by atoms with E-state index < -0.39 is 5.97 Å². The molecule has 1 aromatic carbocycles. The van der Waals surface area contributed by atoms with E-state index in [2.05, 4.69) is 27.9 Å². The van der Waals surface area contributed by atoms with E-state index in [-0.39, 0.29) is 36.1 Å². The zero-order valence-corrected chi connectivity index (χ0v) is 12.7. The molecule has 0 aromatic heterocycles. The third-order valence-electron chi connectivity index (χ3n) is 2.80. The fourth-order valence-corrected chi connectivity index (χ4v) is 2.12. The van der Waals surface area contributed by atoms with Gasteiger partial charge in [0.05, 0.1) is 5.56 Å². The molecule has 0 heterocycles. The second kappa shape index (κ2) is 7.32. The molecule has 5 nitrogen and oxygen atoms in total. The molecule has 0 spiro atoms. The number of carbonyl (C=O) groups is 2. The van der Waals surface area contributed by atoms with E-state index >= 15 is 0 Å². The normalized spacial score (nSPS) is 11.9. The number of carbonyl (C=O) groups excluding carboxylic acids is 1. The number of hydrogen-bond donors (Lipinski definition) is 3. The fraction of sp³-hybridized carbons (Fsp3) is 0.385. The van der Waals surface area contributed by atoms with E-state index in [0.29, 0.717) is 6.42 Å². The summed E-state index contributed by atoms with van der Waals surface area (Å²) in [5, 5.41) is 21.0. The van der Waals surface area contributed by atoms with E-state index in [4.69, 9.17) is 5.11 Å². The smallest absolute Gasteiger partial charge is 0.303 e. The van der Waals surface area contributed by atoms with Gasteiger partial charge in [-0.05, 0) is 46.7 Å². The molecule has 0 aliphatic heterocycles. The number of phenolic OH excluding ortho intramolecular Hbond substituents is 1. The molecule has 0 aliphatic carbocycles. The molecule has 0 fully saturated rings. The highest BCUT2D eigenvalue weighted by molar-refractivity contribution is 14.1. The summed E-state index contributed by atoms with van der Waals surface area (Å²) in [5.41, 5.74) is 0.206. The summed E-state index contributed by atoms with van der Waals surface area (Å²) in [5.74, 6) is -1.45. The predicted octanol–water partition coefficient (Wildman–Crippen LogP) is 2.23. The highest BCUT2D eigenvalue weighted by Gasteiger charge is 2.15. The van der Waals surface area contributed by atoms with Gasteiger partial charge < -0.3 is 15.5 Å². The molecule has 0 saturated carbocycles. The molecule has 1 aromatic rings. The van der Waals surface area contributed by atoms with E-state index in [9.17, 15) is 14.7 Å². The number of carboxylic acids is 1. The topological polar surface area (TPSA) is 86.6 Å². The van der Waals surface area contributed by atoms with Crippen molar-refractivity contribution < 1.29 is 19.8 Å². The zero-order chi connectivity index (χ0) is 14.4. The van der Waals surface area contributed by atoms with E-state index in [1.54, 1.807) is 12.1 Å². The molecule has 1 unspecified atom stereocenters. The van der Waals surface area contributed by atoms with Crippen LogP contribution in [0.5, 0.6) is 5.75 Å².